The summed E-state index contributed by atoms with van der Waals surface area (Å²) < 4.78 is 23.0. The van der Waals surface area contributed by atoms with Crippen molar-refractivity contribution >= 4 is 12.0 Å². The van der Waals surface area contributed by atoms with Gasteiger partial charge in [-0.1, -0.05) is 12.2 Å². The number of hydrogen-bond acceptors (Lipinski definition) is 4. The van der Waals surface area contributed by atoms with Crippen LogP contribution >= 0.6 is 0 Å². The van der Waals surface area contributed by atoms with E-state index in [1.54, 1.807) is 12.2 Å². The zero-order valence-corrected chi connectivity index (χ0v) is 9.70. The molecule has 0 radical (unpaired) electrons. The Hall–Kier alpha value is -1.88. The standard InChI is InChI=1S/C12H14FNO3/c1-16-11-9(12(15)17-2)6-8(4-3-5-14)7-10(11)13/h3-4,6-7H,5,14H2,1-2H3/b4-3+. The highest BCUT2D eigenvalue weighted by Gasteiger charge is 2.17. The van der Waals surface area contributed by atoms with Crippen LogP contribution in [0.5, 0.6) is 5.75 Å². The molecule has 0 aromatic heterocycles. The maximum atomic E-state index is 13.6. The van der Waals surface area contributed by atoms with Gasteiger partial charge in [-0.2, -0.15) is 0 Å². The maximum Gasteiger partial charge on any atom is 0.341 e. The van der Waals surface area contributed by atoms with Crippen molar-refractivity contribution in [3.05, 3.63) is 35.2 Å². The molecular formula is C12H14FNO3. The van der Waals surface area contributed by atoms with Crippen molar-refractivity contribution < 1.29 is 18.7 Å². The van der Waals surface area contributed by atoms with Gasteiger partial charge in [0.1, 0.15) is 5.56 Å². The van der Waals surface area contributed by atoms with Gasteiger partial charge in [0, 0.05) is 6.54 Å². The van der Waals surface area contributed by atoms with E-state index in [-0.39, 0.29) is 11.3 Å². The summed E-state index contributed by atoms with van der Waals surface area (Å²) in [6.45, 7) is 0.335. The average molecular weight is 239 g/mol. The number of carbonyl (C=O) groups excluding carboxylic acids is 1. The number of nitrogens with two attached hydrogens (primary N) is 1. The fourth-order valence-corrected chi connectivity index (χ4v) is 1.38. The summed E-state index contributed by atoms with van der Waals surface area (Å²) in [5, 5.41) is 0. The predicted molar refractivity (Wildman–Crippen MR) is 62.4 cm³/mol. The molecule has 1 aromatic rings. The van der Waals surface area contributed by atoms with Crippen LogP contribution in [0.2, 0.25) is 0 Å². The molecule has 1 rings (SSSR count). The highest BCUT2D eigenvalue weighted by molar-refractivity contribution is 5.93. The molecule has 0 aliphatic carbocycles. The zero-order valence-electron chi connectivity index (χ0n) is 9.70. The van der Waals surface area contributed by atoms with Crippen molar-refractivity contribution in [2.24, 2.45) is 5.73 Å². The van der Waals surface area contributed by atoms with Crippen molar-refractivity contribution in [2.75, 3.05) is 20.8 Å². The van der Waals surface area contributed by atoms with Crippen LogP contribution in [0.25, 0.3) is 6.08 Å². The number of halogens is 1. The average Bonchev–Trinajstić information content (AvgIpc) is 2.34. The molecule has 17 heavy (non-hydrogen) atoms. The van der Waals surface area contributed by atoms with Crippen LogP contribution < -0.4 is 10.5 Å². The van der Waals surface area contributed by atoms with E-state index >= 15 is 0 Å². The maximum absolute atomic E-state index is 13.6. The third-order valence-corrected chi connectivity index (χ3v) is 2.12. The Morgan fingerprint density at radius 3 is 2.71 bits per heavy atom. The number of ether oxygens (including phenoxy) is 2. The van der Waals surface area contributed by atoms with Gasteiger partial charge >= 0.3 is 5.97 Å². The quantitative estimate of drug-likeness (QED) is 0.810. The van der Waals surface area contributed by atoms with E-state index < -0.39 is 11.8 Å². The third kappa shape index (κ3) is 3.04. The number of esters is 1. The van der Waals surface area contributed by atoms with Crippen LogP contribution in [0.1, 0.15) is 15.9 Å². The van der Waals surface area contributed by atoms with E-state index in [0.29, 0.717) is 12.1 Å². The number of carbonyl (C=O) groups is 1. The Labute approximate surface area is 98.8 Å². The zero-order chi connectivity index (χ0) is 12.8. The molecule has 0 unspecified atom stereocenters. The van der Waals surface area contributed by atoms with Crippen molar-refractivity contribution in [1.82, 2.24) is 0 Å². The molecule has 0 spiro atoms. The van der Waals surface area contributed by atoms with Gasteiger partial charge in [-0.15, -0.1) is 0 Å². The minimum Gasteiger partial charge on any atom is -0.493 e. The Balaban J connectivity index is 3.28. The largest absolute Gasteiger partial charge is 0.493 e. The molecule has 0 fully saturated rings. The molecular weight excluding hydrogens is 225 g/mol. The molecule has 5 heteroatoms. The van der Waals surface area contributed by atoms with Gasteiger partial charge in [0.05, 0.1) is 14.2 Å². The molecule has 0 saturated carbocycles. The lowest BCUT2D eigenvalue weighted by molar-refractivity contribution is 0.0596. The van der Waals surface area contributed by atoms with Crippen LogP contribution in [-0.2, 0) is 4.74 Å². The van der Waals surface area contributed by atoms with E-state index in [4.69, 9.17) is 10.5 Å². The van der Waals surface area contributed by atoms with Gasteiger partial charge in [0.15, 0.2) is 11.6 Å². The van der Waals surface area contributed by atoms with Crippen molar-refractivity contribution in [3.8, 4) is 5.75 Å². The Kier molecular flexibility index (Phi) is 4.66. The van der Waals surface area contributed by atoms with Crippen LogP contribution in [0.3, 0.4) is 0 Å². The number of rotatable bonds is 4. The second kappa shape index (κ2) is 6.00. The predicted octanol–water partition coefficient (Wildman–Crippen LogP) is 1.59. The molecule has 1 aromatic carbocycles. The second-order valence-corrected chi connectivity index (χ2v) is 3.21. The molecule has 92 valence electrons. The van der Waals surface area contributed by atoms with Gasteiger partial charge in [0.2, 0.25) is 0 Å². The topological polar surface area (TPSA) is 61.5 Å². The van der Waals surface area contributed by atoms with E-state index in [2.05, 4.69) is 4.74 Å². The molecule has 2 N–H and O–H groups in total. The molecule has 0 atom stereocenters. The molecule has 0 aliphatic rings. The first-order valence-corrected chi connectivity index (χ1v) is 4.96. The first kappa shape index (κ1) is 13.2. The Morgan fingerprint density at radius 1 is 1.47 bits per heavy atom. The molecule has 0 bridgehead atoms. The fourth-order valence-electron chi connectivity index (χ4n) is 1.38. The number of benzene rings is 1. The number of methoxy groups -OCH3 is 2. The summed E-state index contributed by atoms with van der Waals surface area (Å²) in [5.41, 5.74) is 5.87. The molecule has 0 heterocycles. The first-order valence-electron chi connectivity index (χ1n) is 4.96. The van der Waals surface area contributed by atoms with Crippen LogP contribution in [0, 0.1) is 5.82 Å². The fraction of sp³-hybridized carbons (Fsp3) is 0.250. The summed E-state index contributed by atoms with van der Waals surface area (Å²) in [6.07, 6.45) is 3.28. The van der Waals surface area contributed by atoms with E-state index in [9.17, 15) is 9.18 Å². The summed E-state index contributed by atoms with van der Waals surface area (Å²) in [4.78, 5) is 11.5. The Bertz CT molecular complexity index is 444. The summed E-state index contributed by atoms with van der Waals surface area (Å²) >= 11 is 0. The minimum atomic E-state index is -0.649. The normalized spacial score (nSPS) is 10.6. The van der Waals surface area contributed by atoms with Crippen molar-refractivity contribution in [1.29, 1.82) is 0 Å². The van der Waals surface area contributed by atoms with Gasteiger partial charge in [0.25, 0.3) is 0 Å². The number of hydrogen-bond donors (Lipinski definition) is 1. The molecule has 0 saturated heterocycles. The van der Waals surface area contributed by atoms with E-state index in [1.807, 2.05) is 0 Å². The van der Waals surface area contributed by atoms with Crippen molar-refractivity contribution in [3.63, 3.8) is 0 Å². The van der Waals surface area contributed by atoms with Gasteiger partial charge < -0.3 is 15.2 Å². The molecule has 0 aliphatic heterocycles. The molecule has 0 amide bonds. The van der Waals surface area contributed by atoms with Crippen LogP contribution in [-0.4, -0.2) is 26.7 Å². The minimum absolute atomic E-state index is 0.0478. The van der Waals surface area contributed by atoms with Crippen molar-refractivity contribution in [2.45, 2.75) is 0 Å². The smallest absolute Gasteiger partial charge is 0.341 e. The lowest BCUT2D eigenvalue weighted by atomic mass is 10.1. The summed E-state index contributed by atoms with van der Waals surface area (Å²) in [5.74, 6) is -1.39. The molecule has 4 nitrogen and oxygen atoms in total. The van der Waals surface area contributed by atoms with Crippen LogP contribution in [0.4, 0.5) is 4.39 Å². The van der Waals surface area contributed by atoms with Gasteiger partial charge in [-0.05, 0) is 17.7 Å². The lowest BCUT2D eigenvalue weighted by Crippen LogP contribution is -2.06. The van der Waals surface area contributed by atoms with E-state index in [1.165, 1.54) is 26.4 Å². The summed E-state index contributed by atoms with van der Waals surface area (Å²) in [6, 6.07) is 2.75. The first-order chi connectivity index (χ1) is 8.13. The third-order valence-electron chi connectivity index (χ3n) is 2.12. The van der Waals surface area contributed by atoms with E-state index in [0.717, 1.165) is 0 Å². The monoisotopic (exact) mass is 239 g/mol. The Morgan fingerprint density at radius 2 is 2.18 bits per heavy atom. The highest BCUT2D eigenvalue weighted by atomic mass is 19.1. The summed E-state index contributed by atoms with van der Waals surface area (Å²) in [7, 11) is 2.52. The SMILES string of the molecule is COC(=O)c1cc(/C=C/CN)cc(F)c1OC. The lowest BCUT2D eigenvalue weighted by Gasteiger charge is -2.09. The highest BCUT2D eigenvalue weighted by Crippen LogP contribution is 2.25. The van der Waals surface area contributed by atoms with Crippen LogP contribution in [0.15, 0.2) is 18.2 Å². The van der Waals surface area contributed by atoms with Gasteiger partial charge in [-0.25, -0.2) is 9.18 Å². The van der Waals surface area contributed by atoms with Gasteiger partial charge in [-0.3, -0.25) is 0 Å². The second-order valence-electron chi connectivity index (χ2n) is 3.21.